The summed E-state index contributed by atoms with van der Waals surface area (Å²) in [7, 11) is -3.36. The number of hydrogen-bond donors (Lipinski definition) is 0. The lowest BCUT2D eigenvalue weighted by molar-refractivity contribution is 0.591. The molecule has 0 atom stereocenters. The highest BCUT2D eigenvalue weighted by Gasteiger charge is 2.21. The summed E-state index contributed by atoms with van der Waals surface area (Å²) in [5, 5.41) is 0. The van der Waals surface area contributed by atoms with Gasteiger partial charge in [-0.05, 0) is 43.2 Å². The standard InChI is InChI=1S/C17H20N2O2S/c1-3-7-15-8-5-10-17(12-15)19(22(20,21)4-2)14-16-9-6-11-18-13-16/h3,5-13H,4,14H2,1-2H3/b7-3+. The molecule has 0 fully saturated rings. The van der Waals surface area contributed by atoms with Crippen molar-refractivity contribution in [1.82, 2.24) is 4.98 Å². The van der Waals surface area contributed by atoms with Gasteiger partial charge >= 0.3 is 0 Å². The van der Waals surface area contributed by atoms with Gasteiger partial charge in [-0.25, -0.2) is 8.42 Å². The van der Waals surface area contributed by atoms with Gasteiger partial charge in [-0.1, -0.05) is 30.4 Å². The number of pyridine rings is 1. The van der Waals surface area contributed by atoms with Gasteiger partial charge in [0.1, 0.15) is 0 Å². The third kappa shape index (κ3) is 3.95. The molecule has 2 rings (SSSR count). The van der Waals surface area contributed by atoms with E-state index < -0.39 is 10.0 Å². The van der Waals surface area contributed by atoms with Crippen LogP contribution in [0.4, 0.5) is 5.69 Å². The Morgan fingerprint density at radius 1 is 1.23 bits per heavy atom. The predicted molar refractivity (Wildman–Crippen MR) is 91.0 cm³/mol. The van der Waals surface area contributed by atoms with Crippen molar-refractivity contribution in [2.75, 3.05) is 10.1 Å². The molecular formula is C17H20N2O2S. The van der Waals surface area contributed by atoms with Gasteiger partial charge < -0.3 is 0 Å². The van der Waals surface area contributed by atoms with Crippen LogP contribution in [0.2, 0.25) is 0 Å². The Hall–Kier alpha value is -2.14. The largest absolute Gasteiger partial charge is 0.266 e. The van der Waals surface area contributed by atoms with Crippen molar-refractivity contribution >= 4 is 21.8 Å². The Balaban J connectivity index is 2.43. The zero-order valence-electron chi connectivity index (χ0n) is 12.8. The van der Waals surface area contributed by atoms with Gasteiger partial charge in [0.05, 0.1) is 18.0 Å². The van der Waals surface area contributed by atoms with Crippen LogP contribution in [-0.2, 0) is 16.6 Å². The Morgan fingerprint density at radius 2 is 2.05 bits per heavy atom. The number of benzene rings is 1. The lowest BCUT2D eigenvalue weighted by Gasteiger charge is -2.24. The summed E-state index contributed by atoms with van der Waals surface area (Å²) < 4.78 is 26.4. The number of sulfonamides is 1. The molecule has 0 aliphatic rings. The van der Waals surface area contributed by atoms with Crippen molar-refractivity contribution in [3.63, 3.8) is 0 Å². The number of allylic oxidation sites excluding steroid dienone is 1. The van der Waals surface area contributed by atoms with Crippen molar-refractivity contribution in [3.8, 4) is 0 Å². The zero-order chi connectivity index (χ0) is 16.0. The van der Waals surface area contributed by atoms with E-state index in [1.165, 1.54) is 4.31 Å². The number of hydrogen-bond acceptors (Lipinski definition) is 3. The quantitative estimate of drug-likeness (QED) is 0.820. The summed E-state index contributed by atoms with van der Waals surface area (Å²) in [6, 6.07) is 11.2. The van der Waals surface area contributed by atoms with Gasteiger partial charge in [-0.15, -0.1) is 0 Å². The summed E-state index contributed by atoms with van der Waals surface area (Å²) in [4.78, 5) is 4.05. The van der Waals surface area contributed by atoms with E-state index in [-0.39, 0.29) is 12.3 Å². The van der Waals surface area contributed by atoms with E-state index in [0.717, 1.165) is 11.1 Å². The Kier molecular flexibility index (Phi) is 5.33. The predicted octanol–water partition coefficient (Wildman–Crippen LogP) is 3.47. The minimum atomic E-state index is -3.36. The molecule has 116 valence electrons. The molecule has 1 aromatic carbocycles. The molecule has 0 saturated carbocycles. The van der Waals surface area contributed by atoms with Gasteiger partial charge in [0.15, 0.2) is 0 Å². The molecule has 0 unspecified atom stereocenters. The number of anilines is 1. The minimum absolute atomic E-state index is 0.0567. The van der Waals surface area contributed by atoms with Crippen LogP contribution in [0.15, 0.2) is 54.9 Å². The van der Waals surface area contributed by atoms with Crippen molar-refractivity contribution in [2.24, 2.45) is 0 Å². The highest BCUT2D eigenvalue weighted by molar-refractivity contribution is 7.92. The summed E-state index contributed by atoms with van der Waals surface area (Å²) >= 11 is 0. The second kappa shape index (κ2) is 7.22. The van der Waals surface area contributed by atoms with E-state index in [9.17, 15) is 8.42 Å². The van der Waals surface area contributed by atoms with Crippen LogP contribution in [0.3, 0.4) is 0 Å². The highest BCUT2D eigenvalue weighted by atomic mass is 32.2. The minimum Gasteiger partial charge on any atom is -0.266 e. The number of rotatable bonds is 6. The Labute approximate surface area is 132 Å². The first-order valence-corrected chi connectivity index (χ1v) is 8.80. The van der Waals surface area contributed by atoms with E-state index in [1.807, 2.05) is 55.5 Å². The van der Waals surface area contributed by atoms with Gasteiger partial charge in [0.2, 0.25) is 10.0 Å². The van der Waals surface area contributed by atoms with Crippen LogP contribution in [0.5, 0.6) is 0 Å². The van der Waals surface area contributed by atoms with Crippen LogP contribution in [-0.4, -0.2) is 19.2 Å². The molecule has 4 nitrogen and oxygen atoms in total. The second-order valence-corrected chi connectivity index (χ2v) is 7.05. The summed E-state index contributed by atoms with van der Waals surface area (Å²) in [6.45, 7) is 3.87. The van der Waals surface area contributed by atoms with E-state index >= 15 is 0 Å². The number of nitrogens with zero attached hydrogens (tertiary/aromatic N) is 2. The van der Waals surface area contributed by atoms with Crippen LogP contribution < -0.4 is 4.31 Å². The highest BCUT2D eigenvalue weighted by Crippen LogP contribution is 2.23. The zero-order valence-corrected chi connectivity index (χ0v) is 13.6. The topological polar surface area (TPSA) is 50.3 Å². The van der Waals surface area contributed by atoms with Gasteiger partial charge in [0.25, 0.3) is 0 Å². The molecule has 0 saturated heterocycles. The maximum atomic E-state index is 12.5. The summed E-state index contributed by atoms with van der Waals surface area (Å²) in [6.07, 6.45) is 7.24. The normalized spacial score (nSPS) is 11.7. The molecule has 5 heteroatoms. The maximum Gasteiger partial charge on any atom is 0.235 e. The van der Waals surface area contributed by atoms with Gasteiger partial charge in [-0.2, -0.15) is 0 Å². The van der Waals surface area contributed by atoms with Crippen molar-refractivity contribution < 1.29 is 8.42 Å². The van der Waals surface area contributed by atoms with Gasteiger partial charge in [-0.3, -0.25) is 9.29 Å². The van der Waals surface area contributed by atoms with Crippen molar-refractivity contribution in [1.29, 1.82) is 0 Å². The molecule has 0 amide bonds. The smallest absolute Gasteiger partial charge is 0.235 e. The molecule has 0 bridgehead atoms. The Bertz CT molecular complexity index is 740. The fourth-order valence-electron chi connectivity index (χ4n) is 2.14. The molecule has 0 radical (unpaired) electrons. The van der Waals surface area contributed by atoms with E-state index in [0.29, 0.717) is 5.69 Å². The van der Waals surface area contributed by atoms with Crippen LogP contribution in [0.1, 0.15) is 25.0 Å². The summed E-state index contributed by atoms with van der Waals surface area (Å²) in [5.74, 6) is 0.0567. The first kappa shape index (κ1) is 16.2. The fourth-order valence-corrected chi connectivity index (χ4v) is 3.23. The molecule has 22 heavy (non-hydrogen) atoms. The number of aromatic nitrogens is 1. The third-order valence-corrected chi connectivity index (χ3v) is 5.01. The molecule has 0 aliphatic carbocycles. The maximum absolute atomic E-state index is 12.5. The van der Waals surface area contributed by atoms with E-state index in [2.05, 4.69) is 4.98 Å². The molecule has 1 aromatic heterocycles. The van der Waals surface area contributed by atoms with Crippen LogP contribution in [0.25, 0.3) is 6.08 Å². The molecule has 2 aromatic rings. The molecule has 0 spiro atoms. The molecule has 0 N–H and O–H groups in total. The lowest BCUT2D eigenvalue weighted by Crippen LogP contribution is -2.31. The van der Waals surface area contributed by atoms with E-state index in [1.54, 1.807) is 19.3 Å². The van der Waals surface area contributed by atoms with E-state index in [4.69, 9.17) is 0 Å². The first-order valence-electron chi connectivity index (χ1n) is 7.19. The average Bonchev–Trinajstić information content (AvgIpc) is 2.54. The van der Waals surface area contributed by atoms with Gasteiger partial charge in [0, 0.05) is 12.4 Å². The average molecular weight is 316 g/mol. The summed E-state index contributed by atoms with van der Waals surface area (Å²) in [5.41, 5.74) is 2.50. The molecular weight excluding hydrogens is 296 g/mol. The molecule has 0 aliphatic heterocycles. The second-order valence-electron chi connectivity index (χ2n) is 4.86. The first-order chi connectivity index (χ1) is 10.6. The van der Waals surface area contributed by atoms with Crippen molar-refractivity contribution in [2.45, 2.75) is 20.4 Å². The third-order valence-electron chi connectivity index (χ3n) is 3.27. The SMILES string of the molecule is C/C=C/c1cccc(N(Cc2cccnc2)S(=O)(=O)CC)c1. The monoisotopic (exact) mass is 316 g/mol. The van der Waals surface area contributed by atoms with Crippen molar-refractivity contribution in [3.05, 3.63) is 66.0 Å². The lowest BCUT2D eigenvalue weighted by atomic mass is 10.2. The van der Waals surface area contributed by atoms with Crippen LogP contribution in [0, 0.1) is 0 Å². The molecule has 1 heterocycles. The Morgan fingerprint density at radius 3 is 2.68 bits per heavy atom. The van der Waals surface area contributed by atoms with Crippen LogP contribution >= 0.6 is 0 Å². The fraction of sp³-hybridized carbons (Fsp3) is 0.235.